The van der Waals surface area contributed by atoms with Gasteiger partial charge >= 0.3 is 18.2 Å². The van der Waals surface area contributed by atoms with Crippen LogP contribution in [0.3, 0.4) is 0 Å². The van der Waals surface area contributed by atoms with E-state index in [1.54, 1.807) is 9.80 Å². The Morgan fingerprint density at radius 1 is 0.718 bits per heavy atom. The number of nitrogens with zero attached hydrogens (tertiary/aromatic N) is 2. The van der Waals surface area contributed by atoms with Gasteiger partial charge in [0, 0.05) is 39.3 Å². The number of hydrogen-bond donors (Lipinski definition) is 3. The van der Waals surface area contributed by atoms with Crippen LogP contribution in [0.25, 0.3) is 0 Å². The van der Waals surface area contributed by atoms with Gasteiger partial charge in [-0.1, -0.05) is 67.9 Å². The molecule has 1 aliphatic heterocycles. The third-order valence-electron chi connectivity index (χ3n) is 6.15. The number of alkyl carbamates (subject to hydrolysis) is 2. The predicted molar refractivity (Wildman–Crippen MR) is 145 cm³/mol. The lowest BCUT2D eigenvalue weighted by atomic mass is 10.1. The fraction of sp³-hybridized carbons (Fsp3) is 0.429. The number of hydrogen-bond acceptors (Lipinski definition) is 6. The zero-order valence-corrected chi connectivity index (χ0v) is 22.3. The summed E-state index contributed by atoms with van der Waals surface area (Å²) in [6, 6.07) is 16.7. The molecule has 11 heteroatoms. The van der Waals surface area contributed by atoms with Gasteiger partial charge in [-0.05, 0) is 23.1 Å². The molecule has 1 heterocycles. The van der Waals surface area contributed by atoms with Crippen LogP contribution in [0, 0.1) is 0 Å². The molecule has 0 aromatic heterocycles. The smallest absolute Gasteiger partial charge is 0.407 e. The summed E-state index contributed by atoms with van der Waals surface area (Å²) in [4.78, 5) is 51.8. The van der Waals surface area contributed by atoms with Crippen LogP contribution in [0.5, 0.6) is 0 Å². The highest BCUT2D eigenvalue weighted by Crippen LogP contribution is 2.07. The maximum absolute atomic E-state index is 12.6. The van der Waals surface area contributed by atoms with Crippen molar-refractivity contribution in [3.05, 3.63) is 71.3 Å². The second kappa shape index (κ2) is 15.9. The lowest BCUT2D eigenvalue weighted by Crippen LogP contribution is -2.54. The van der Waals surface area contributed by atoms with Crippen molar-refractivity contribution >= 4 is 24.1 Å². The molecule has 3 rings (SSSR count). The van der Waals surface area contributed by atoms with E-state index in [2.05, 4.69) is 16.0 Å². The summed E-state index contributed by atoms with van der Waals surface area (Å²) in [6.45, 7) is 4.71. The number of unbranched alkanes of at least 4 members (excludes halogenated alkanes) is 1. The first-order chi connectivity index (χ1) is 18.9. The first-order valence-corrected chi connectivity index (χ1v) is 13.2. The van der Waals surface area contributed by atoms with E-state index in [0.29, 0.717) is 45.9 Å². The van der Waals surface area contributed by atoms with Crippen molar-refractivity contribution in [2.24, 2.45) is 0 Å². The summed E-state index contributed by atoms with van der Waals surface area (Å²) >= 11 is 0. The van der Waals surface area contributed by atoms with E-state index in [1.165, 1.54) is 0 Å². The average molecular weight is 540 g/mol. The van der Waals surface area contributed by atoms with Crippen LogP contribution in [0.2, 0.25) is 0 Å². The van der Waals surface area contributed by atoms with Crippen LogP contribution in [0.1, 0.15) is 36.5 Å². The van der Waals surface area contributed by atoms with Crippen LogP contribution in [-0.4, -0.2) is 73.3 Å². The van der Waals surface area contributed by atoms with Crippen molar-refractivity contribution in [1.82, 2.24) is 25.8 Å². The molecule has 0 unspecified atom stereocenters. The van der Waals surface area contributed by atoms with E-state index in [-0.39, 0.29) is 25.1 Å². The second-order valence-corrected chi connectivity index (χ2v) is 9.10. The molecule has 3 N–H and O–H groups in total. The van der Waals surface area contributed by atoms with Crippen LogP contribution >= 0.6 is 0 Å². The zero-order valence-electron chi connectivity index (χ0n) is 22.3. The molecule has 39 heavy (non-hydrogen) atoms. The molecule has 11 nitrogen and oxygen atoms in total. The minimum Gasteiger partial charge on any atom is -0.450 e. The molecule has 0 spiro atoms. The monoisotopic (exact) mass is 539 g/mol. The maximum Gasteiger partial charge on any atom is 0.407 e. The van der Waals surface area contributed by atoms with E-state index in [0.717, 1.165) is 29.5 Å². The number of rotatable bonds is 11. The highest BCUT2D eigenvalue weighted by Gasteiger charge is 2.24. The Kier molecular flexibility index (Phi) is 11.9. The number of benzene rings is 2. The van der Waals surface area contributed by atoms with Crippen LogP contribution in [0.15, 0.2) is 54.6 Å². The summed E-state index contributed by atoms with van der Waals surface area (Å²) < 4.78 is 10.2. The Hall–Kier alpha value is -4.28. The minimum atomic E-state index is -0.653. The summed E-state index contributed by atoms with van der Waals surface area (Å²) in [7, 11) is 0. The molecule has 5 amide bonds. The summed E-state index contributed by atoms with van der Waals surface area (Å²) in [6.07, 6.45) is 0.722. The predicted octanol–water partition coefficient (Wildman–Crippen LogP) is 2.99. The van der Waals surface area contributed by atoms with Crippen molar-refractivity contribution in [2.45, 2.75) is 39.5 Å². The summed E-state index contributed by atoms with van der Waals surface area (Å²) in [5.74, 6) is -0.226. The first kappa shape index (κ1) is 29.3. The van der Waals surface area contributed by atoms with Gasteiger partial charge in [-0.2, -0.15) is 0 Å². The first-order valence-electron chi connectivity index (χ1n) is 13.2. The van der Waals surface area contributed by atoms with E-state index in [1.807, 2.05) is 61.5 Å². The fourth-order valence-corrected chi connectivity index (χ4v) is 3.79. The van der Waals surface area contributed by atoms with Crippen molar-refractivity contribution < 1.29 is 28.7 Å². The third kappa shape index (κ3) is 10.5. The minimum absolute atomic E-state index is 0.131. The Morgan fingerprint density at radius 2 is 1.31 bits per heavy atom. The third-order valence-corrected chi connectivity index (χ3v) is 6.15. The van der Waals surface area contributed by atoms with Crippen LogP contribution < -0.4 is 16.0 Å². The van der Waals surface area contributed by atoms with E-state index in [9.17, 15) is 19.2 Å². The quantitative estimate of drug-likeness (QED) is 0.377. The number of piperazine rings is 1. The number of ether oxygens (including phenoxy) is 2. The normalized spacial score (nSPS) is 12.8. The molecule has 0 saturated carbocycles. The molecule has 0 radical (unpaired) electrons. The standard InChI is InChI=1S/C28H37N5O6/c1-2-3-17-38-27(36)30-19-23-11-9-22(10-12-23)18-29-26(35)33-15-13-32(14-16-33)25(34)20-31-28(37)39-21-24-7-5-4-6-8-24/h4-12H,2-3,13-21H2,1H3,(H,29,35)(H,30,36)(H,31,37). The lowest BCUT2D eigenvalue weighted by Gasteiger charge is -2.34. The molecule has 2 aromatic carbocycles. The van der Waals surface area contributed by atoms with Gasteiger partial charge in [0.2, 0.25) is 5.91 Å². The summed E-state index contributed by atoms with van der Waals surface area (Å²) in [5, 5.41) is 8.09. The summed E-state index contributed by atoms with van der Waals surface area (Å²) in [5.41, 5.74) is 2.72. The number of amides is 5. The maximum atomic E-state index is 12.6. The van der Waals surface area contributed by atoms with Crippen LogP contribution in [-0.2, 0) is 34.0 Å². The average Bonchev–Trinajstić information content (AvgIpc) is 2.97. The van der Waals surface area contributed by atoms with E-state index in [4.69, 9.17) is 9.47 Å². The van der Waals surface area contributed by atoms with Crippen molar-refractivity contribution in [3.63, 3.8) is 0 Å². The molecule has 2 aromatic rings. The molecule has 0 atom stereocenters. The topological polar surface area (TPSA) is 129 Å². The molecule has 1 aliphatic rings. The lowest BCUT2D eigenvalue weighted by molar-refractivity contribution is -0.131. The Labute approximate surface area is 228 Å². The molecular weight excluding hydrogens is 502 g/mol. The van der Waals surface area contributed by atoms with Crippen molar-refractivity contribution in [3.8, 4) is 0 Å². The number of urea groups is 1. The highest BCUT2D eigenvalue weighted by molar-refractivity contribution is 5.82. The largest absolute Gasteiger partial charge is 0.450 e. The number of carbonyl (C=O) groups excluding carboxylic acids is 4. The van der Waals surface area contributed by atoms with Gasteiger partial charge < -0.3 is 35.2 Å². The SMILES string of the molecule is CCCCOC(=O)NCc1ccc(CNC(=O)N2CCN(C(=O)CNC(=O)OCc3ccccc3)CC2)cc1. The van der Waals surface area contributed by atoms with Gasteiger partial charge in [-0.3, -0.25) is 4.79 Å². The Balaban J connectivity index is 1.29. The number of nitrogens with one attached hydrogen (secondary N) is 3. The van der Waals surface area contributed by atoms with Crippen molar-refractivity contribution in [1.29, 1.82) is 0 Å². The second-order valence-electron chi connectivity index (χ2n) is 9.10. The van der Waals surface area contributed by atoms with Gasteiger partial charge in [-0.15, -0.1) is 0 Å². The Bertz CT molecular complexity index is 1070. The van der Waals surface area contributed by atoms with E-state index >= 15 is 0 Å². The molecule has 1 fully saturated rings. The fourth-order valence-electron chi connectivity index (χ4n) is 3.79. The number of carbonyl (C=O) groups is 4. The van der Waals surface area contributed by atoms with Gasteiger partial charge in [0.15, 0.2) is 0 Å². The van der Waals surface area contributed by atoms with Gasteiger partial charge in [0.05, 0.1) is 6.61 Å². The van der Waals surface area contributed by atoms with Gasteiger partial charge in [0.1, 0.15) is 13.2 Å². The van der Waals surface area contributed by atoms with Gasteiger partial charge in [0.25, 0.3) is 0 Å². The molecule has 1 saturated heterocycles. The van der Waals surface area contributed by atoms with Crippen molar-refractivity contribution in [2.75, 3.05) is 39.3 Å². The zero-order chi connectivity index (χ0) is 27.9. The van der Waals surface area contributed by atoms with Crippen LogP contribution in [0.4, 0.5) is 14.4 Å². The van der Waals surface area contributed by atoms with Gasteiger partial charge in [-0.25, -0.2) is 14.4 Å². The molecule has 210 valence electrons. The molecule has 0 bridgehead atoms. The molecule has 0 aliphatic carbocycles. The van der Waals surface area contributed by atoms with E-state index < -0.39 is 12.2 Å². The highest BCUT2D eigenvalue weighted by atomic mass is 16.6. The molecular formula is C28H37N5O6. The Morgan fingerprint density at radius 3 is 1.95 bits per heavy atom.